The van der Waals surface area contributed by atoms with Gasteiger partial charge >= 0.3 is 5.97 Å². The van der Waals surface area contributed by atoms with Crippen molar-refractivity contribution in [3.63, 3.8) is 0 Å². The van der Waals surface area contributed by atoms with Crippen LogP contribution in [-0.4, -0.2) is 36.3 Å². The molecule has 0 spiro atoms. The van der Waals surface area contributed by atoms with Gasteiger partial charge in [0.25, 0.3) is 0 Å². The molecule has 0 bridgehead atoms. The highest BCUT2D eigenvalue weighted by Crippen LogP contribution is 2.23. The summed E-state index contributed by atoms with van der Waals surface area (Å²) < 4.78 is 1.15. The number of aliphatic carboxylic acids is 1. The summed E-state index contributed by atoms with van der Waals surface area (Å²) in [4.78, 5) is 14.6. The third-order valence-corrected chi connectivity index (χ3v) is 2.75. The average Bonchev–Trinajstić information content (AvgIpc) is 2.76. The molecular weight excluding hydrogens is 256 g/mol. The third kappa shape index (κ3) is 2.80. The van der Waals surface area contributed by atoms with Crippen molar-refractivity contribution in [3.05, 3.63) is 23.9 Å². The molecule has 8 nitrogen and oxygen atoms in total. The van der Waals surface area contributed by atoms with Crippen LogP contribution in [0.3, 0.4) is 0 Å². The molecule has 0 unspecified atom stereocenters. The second-order valence-electron chi connectivity index (χ2n) is 3.11. The van der Waals surface area contributed by atoms with E-state index in [1.54, 1.807) is 12.1 Å². The minimum Gasteiger partial charge on any atom is -0.480 e. The van der Waals surface area contributed by atoms with Crippen molar-refractivity contribution in [2.45, 2.75) is 16.7 Å². The number of hydrogen-bond acceptors (Lipinski definition) is 7. The lowest BCUT2D eigenvalue weighted by Gasteiger charge is -2.00. The van der Waals surface area contributed by atoms with E-state index in [4.69, 9.17) is 10.4 Å². The second kappa shape index (κ2) is 5.24. The Morgan fingerprint density at radius 3 is 3.17 bits per heavy atom. The van der Waals surface area contributed by atoms with Crippen LogP contribution in [0.15, 0.2) is 28.5 Å². The molecular formula is C9H6N6O2S. The Hall–Kier alpha value is -2.47. The van der Waals surface area contributed by atoms with Gasteiger partial charge in [-0.1, -0.05) is 0 Å². The summed E-state index contributed by atoms with van der Waals surface area (Å²) in [6.45, 7) is -0.326. The Bertz CT molecular complexity index is 620. The van der Waals surface area contributed by atoms with Crippen LogP contribution in [0.25, 0.3) is 0 Å². The zero-order chi connectivity index (χ0) is 13.0. The lowest BCUT2D eigenvalue weighted by molar-refractivity contribution is -0.138. The molecule has 90 valence electrons. The van der Waals surface area contributed by atoms with Crippen molar-refractivity contribution in [2.75, 3.05) is 0 Å². The third-order valence-electron chi connectivity index (χ3n) is 1.84. The summed E-state index contributed by atoms with van der Waals surface area (Å²) in [7, 11) is 0. The van der Waals surface area contributed by atoms with Gasteiger partial charge in [0.15, 0.2) is 0 Å². The van der Waals surface area contributed by atoms with E-state index >= 15 is 0 Å². The number of nitriles is 1. The van der Waals surface area contributed by atoms with Gasteiger partial charge < -0.3 is 5.11 Å². The van der Waals surface area contributed by atoms with Gasteiger partial charge in [-0.3, -0.25) is 4.79 Å². The minimum absolute atomic E-state index is 0.306. The molecule has 18 heavy (non-hydrogen) atoms. The molecule has 2 rings (SSSR count). The topological polar surface area (TPSA) is 118 Å². The molecule has 0 amide bonds. The first-order valence-corrected chi connectivity index (χ1v) is 5.52. The molecule has 1 N–H and O–H groups in total. The highest BCUT2D eigenvalue weighted by atomic mass is 32.2. The predicted octanol–water partition coefficient (Wildman–Crippen LogP) is 0.176. The Labute approximate surface area is 105 Å². The SMILES string of the molecule is N#Cc1ccnc(Sc2nnnn2CC(=O)O)c1. The quantitative estimate of drug-likeness (QED) is 0.828. The molecule has 2 aromatic heterocycles. The fraction of sp³-hybridized carbons (Fsp3) is 0.111. The van der Waals surface area contributed by atoms with Crippen LogP contribution < -0.4 is 0 Å². The highest BCUT2D eigenvalue weighted by Gasteiger charge is 2.11. The fourth-order valence-electron chi connectivity index (χ4n) is 1.13. The van der Waals surface area contributed by atoms with Gasteiger partial charge in [-0.2, -0.15) is 5.26 Å². The summed E-state index contributed by atoms with van der Waals surface area (Å²) >= 11 is 1.09. The number of carboxylic acids is 1. The van der Waals surface area contributed by atoms with Crippen LogP contribution in [0.5, 0.6) is 0 Å². The molecule has 0 atom stereocenters. The number of carboxylic acid groups (broad SMARTS) is 1. The fourth-order valence-corrected chi connectivity index (χ4v) is 1.90. The van der Waals surface area contributed by atoms with Crippen molar-refractivity contribution in [2.24, 2.45) is 0 Å². The van der Waals surface area contributed by atoms with E-state index in [1.807, 2.05) is 6.07 Å². The molecule has 9 heteroatoms. The molecule has 0 aliphatic carbocycles. The first kappa shape index (κ1) is 12.0. The summed E-state index contributed by atoms with van der Waals surface area (Å²) in [5.74, 6) is -1.04. The lowest BCUT2D eigenvalue weighted by Crippen LogP contribution is -2.11. The summed E-state index contributed by atoms with van der Waals surface area (Å²) in [6.07, 6.45) is 1.49. The maximum atomic E-state index is 10.6. The van der Waals surface area contributed by atoms with Crippen LogP contribution in [0, 0.1) is 11.3 Å². The number of nitrogens with zero attached hydrogens (tertiary/aromatic N) is 6. The Kier molecular flexibility index (Phi) is 3.49. The van der Waals surface area contributed by atoms with Crippen LogP contribution in [0.2, 0.25) is 0 Å². The maximum Gasteiger partial charge on any atom is 0.325 e. The number of aromatic nitrogens is 5. The van der Waals surface area contributed by atoms with Gasteiger partial charge in [0.1, 0.15) is 11.6 Å². The highest BCUT2D eigenvalue weighted by molar-refractivity contribution is 7.99. The Morgan fingerprint density at radius 1 is 1.61 bits per heavy atom. The first-order chi connectivity index (χ1) is 8.69. The van der Waals surface area contributed by atoms with E-state index < -0.39 is 5.97 Å². The Morgan fingerprint density at radius 2 is 2.44 bits per heavy atom. The van der Waals surface area contributed by atoms with E-state index in [9.17, 15) is 4.79 Å². The van der Waals surface area contributed by atoms with Crippen LogP contribution in [-0.2, 0) is 11.3 Å². The molecule has 0 saturated carbocycles. The van der Waals surface area contributed by atoms with Crippen molar-refractivity contribution in [1.29, 1.82) is 5.26 Å². The van der Waals surface area contributed by atoms with E-state index in [-0.39, 0.29) is 6.54 Å². The molecule has 0 fully saturated rings. The average molecular weight is 262 g/mol. The normalized spacial score (nSPS) is 9.94. The van der Waals surface area contributed by atoms with E-state index in [1.165, 1.54) is 6.20 Å². The summed E-state index contributed by atoms with van der Waals surface area (Å²) in [5, 5.41) is 28.9. The van der Waals surface area contributed by atoms with Crippen molar-refractivity contribution < 1.29 is 9.90 Å². The van der Waals surface area contributed by atoms with Crippen molar-refractivity contribution >= 4 is 17.7 Å². The largest absolute Gasteiger partial charge is 0.480 e. The number of pyridine rings is 1. The van der Waals surface area contributed by atoms with Gasteiger partial charge in [-0.15, -0.1) is 5.10 Å². The zero-order valence-electron chi connectivity index (χ0n) is 8.89. The van der Waals surface area contributed by atoms with Crippen LogP contribution in [0.1, 0.15) is 5.56 Å². The summed E-state index contributed by atoms with van der Waals surface area (Å²) in [5.41, 5.74) is 0.463. The van der Waals surface area contributed by atoms with Gasteiger partial charge in [0, 0.05) is 6.20 Å². The molecule has 0 radical (unpaired) electrons. The van der Waals surface area contributed by atoms with Crippen molar-refractivity contribution in [1.82, 2.24) is 25.2 Å². The van der Waals surface area contributed by atoms with Crippen LogP contribution in [0.4, 0.5) is 0 Å². The Balaban J connectivity index is 2.21. The predicted molar refractivity (Wildman–Crippen MR) is 58.5 cm³/mol. The lowest BCUT2D eigenvalue weighted by atomic mass is 10.3. The molecule has 2 aromatic rings. The zero-order valence-corrected chi connectivity index (χ0v) is 9.70. The minimum atomic E-state index is -1.04. The maximum absolute atomic E-state index is 10.6. The smallest absolute Gasteiger partial charge is 0.325 e. The summed E-state index contributed by atoms with van der Waals surface area (Å²) in [6, 6.07) is 5.14. The standard InChI is InChI=1S/C9H6N6O2S/c10-4-6-1-2-11-7(3-6)18-9-12-13-14-15(9)5-8(16)17/h1-3H,5H2,(H,16,17). The molecule has 0 saturated heterocycles. The van der Waals surface area contributed by atoms with Gasteiger partial charge in [-0.25, -0.2) is 9.67 Å². The van der Waals surface area contributed by atoms with Crippen LogP contribution >= 0.6 is 11.8 Å². The first-order valence-electron chi connectivity index (χ1n) is 4.71. The van der Waals surface area contributed by atoms with Crippen molar-refractivity contribution in [3.8, 4) is 6.07 Å². The van der Waals surface area contributed by atoms with E-state index in [2.05, 4.69) is 20.5 Å². The molecule has 0 aromatic carbocycles. The molecule has 2 heterocycles. The van der Waals surface area contributed by atoms with Gasteiger partial charge in [0.05, 0.1) is 11.6 Å². The monoisotopic (exact) mass is 262 g/mol. The van der Waals surface area contributed by atoms with E-state index in [0.717, 1.165) is 16.4 Å². The molecule has 0 aliphatic heterocycles. The number of carbonyl (C=O) groups is 1. The molecule has 0 aliphatic rings. The number of tetrazole rings is 1. The van der Waals surface area contributed by atoms with E-state index in [0.29, 0.717) is 15.7 Å². The second-order valence-corrected chi connectivity index (χ2v) is 4.10. The number of hydrogen-bond donors (Lipinski definition) is 1. The van der Waals surface area contributed by atoms with Gasteiger partial charge in [0.2, 0.25) is 5.16 Å². The number of rotatable bonds is 4. The van der Waals surface area contributed by atoms with Gasteiger partial charge in [-0.05, 0) is 34.3 Å².